The number of hydrogen-bond donors (Lipinski definition) is 0. The van der Waals surface area contributed by atoms with Gasteiger partial charge in [0.05, 0.1) is 16.7 Å². The van der Waals surface area contributed by atoms with Gasteiger partial charge in [-0.15, -0.1) is 11.3 Å². The van der Waals surface area contributed by atoms with E-state index in [-0.39, 0.29) is 0 Å². The van der Waals surface area contributed by atoms with Crippen molar-refractivity contribution in [2.45, 2.75) is 0 Å². The summed E-state index contributed by atoms with van der Waals surface area (Å²) in [5.41, 5.74) is 6.84. The molecule has 0 aliphatic carbocycles. The normalized spacial score (nSPS) is 11.6. The first-order valence-electron chi connectivity index (χ1n) is 16.4. The van der Waals surface area contributed by atoms with Crippen molar-refractivity contribution in [3.63, 3.8) is 0 Å². The zero-order chi connectivity index (χ0) is 33.0. The van der Waals surface area contributed by atoms with Gasteiger partial charge in [0.1, 0.15) is 4.83 Å². The van der Waals surface area contributed by atoms with Crippen molar-refractivity contribution in [2.24, 2.45) is 0 Å². The fourth-order valence-electron chi connectivity index (χ4n) is 6.85. The van der Waals surface area contributed by atoms with E-state index in [0.717, 1.165) is 70.1 Å². The highest BCUT2D eigenvalue weighted by Gasteiger charge is 2.23. The van der Waals surface area contributed by atoms with E-state index in [1.165, 1.54) is 0 Å². The molecule has 4 aromatic heterocycles. The summed E-state index contributed by atoms with van der Waals surface area (Å²) in [5, 5.41) is 4.42. The van der Waals surface area contributed by atoms with E-state index < -0.39 is 0 Å². The van der Waals surface area contributed by atoms with Crippen LogP contribution in [0.3, 0.4) is 0 Å². The Kier molecular flexibility index (Phi) is 6.57. The summed E-state index contributed by atoms with van der Waals surface area (Å²) >= 11 is 1.71. The van der Waals surface area contributed by atoms with E-state index in [9.17, 15) is 0 Å². The van der Waals surface area contributed by atoms with Gasteiger partial charge in [-0.3, -0.25) is 4.57 Å². The average Bonchev–Trinajstić information content (AvgIpc) is 3.74. The van der Waals surface area contributed by atoms with Gasteiger partial charge < -0.3 is 0 Å². The summed E-state index contributed by atoms with van der Waals surface area (Å²) in [6.07, 6.45) is 0. The van der Waals surface area contributed by atoms with Gasteiger partial charge in [0.25, 0.3) is 0 Å². The molecule has 7 heteroatoms. The molecule has 6 aromatic carbocycles. The predicted octanol–water partition coefficient (Wildman–Crippen LogP) is 10.8. The van der Waals surface area contributed by atoms with Crippen molar-refractivity contribution in [3.05, 3.63) is 158 Å². The molecule has 0 aliphatic heterocycles. The Morgan fingerprint density at radius 3 is 1.50 bits per heavy atom. The Hall–Kier alpha value is -6.57. The molecule has 50 heavy (non-hydrogen) atoms. The van der Waals surface area contributed by atoms with Crippen LogP contribution in [0.25, 0.3) is 93.5 Å². The van der Waals surface area contributed by atoms with Crippen molar-refractivity contribution in [1.29, 1.82) is 0 Å². The maximum atomic E-state index is 5.26. The number of nitrogens with zero attached hydrogens (tertiary/aromatic N) is 6. The van der Waals surface area contributed by atoms with Gasteiger partial charge in [-0.2, -0.15) is 9.97 Å². The molecule has 10 aromatic rings. The molecular formula is C43H26N6S. The molecule has 234 valence electrons. The van der Waals surface area contributed by atoms with E-state index in [1.54, 1.807) is 11.3 Å². The zero-order valence-electron chi connectivity index (χ0n) is 26.6. The molecule has 10 rings (SSSR count). The second kappa shape index (κ2) is 11.5. The molecule has 6 nitrogen and oxygen atoms in total. The lowest BCUT2D eigenvalue weighted by Crippen LogP contribution is -2.06. The average molecular weight is 659 g/mol. The van der Waals surface area contributed by atoms with Crippen molar-refractivity contribution in [1.82, 2.24) is 29.5 Å². The van der Waals surface area contributed by atoms with Crippen LogP contribution in [0.4, 0.5) is 0 Å². The highest BCUT2D eigenvalue weighted by atomic mass is 32.1. The van der Waals surface area contributed by atoms with E-state index >= 15 is 0 Å². The molecule has 0 unspecified atom stereocenters. The van der Waals surface area contributed by atoms with Gasteiger partial charge in [-0.1, -0.05) is 140 Å². The van der Waals surface area contributed by atoms with E-state index in [0.29, 0.717) is 23.4 Å². The lowest BCUT2D eigenvalue weighted by atomic mass is 10.0. The van der Waals surface area contributed by atoms with Gasteiger partial charge in [0.15, 0.2) is 17.5 Å². The Balaban J connectivity index is 1.32. The Morgan fingerprint density at radius 2 is 0.900 bits per heavy atom. The van der Waals surface area contributed by atoms with Crippen LogP contribution in [-0.4, -0.2) is 29.5 Å². The smallest absolute Gasteiger partial charge is 0.238 e. The van der Waals surface area contributed by atoms with Crippen LogP contribution in [0.5, 0.6) is 0 Å². The van der Waals surface area contributed by atoms with Crippen molar-refractivity contribution < 1.29 is 0 Å². The first kappa shape index (κ1) is 28.4. The highest BCUT2D eigenvalue weighted by molar-refractivity contribution is 7.25. The van der Waals surface area contributed by atoms with E-state index in [2.05, 4.69) is 77.4 Å². The van der Waals surface area contributed by atoms with Crippen LogP contribution in [0.1, 0.15) is 0 Å². The van der Waals surface area contributed by atoms with Crippen LogP contribution in [0, 0.1) is 0 Å². The number of rotatable bonds is 5. The minimum Gasteiger partial charge on any atom is -0.278 e. The zero-order valence-corrected chi connectivity index (χ0v) is 27.4. The minimum absolute atomic E-state index is 0.564. The second-order valence-corrected chi connectivity index (χ2v) is 13.1. The topological polar surface area (TPSA) is 69.4 Å². The monoisotopic (exact) mass is 658 g/mol. The molecule has 0 saturated carbocycles. The molecule has 0 amide bonds. The van der Waals surface area contributed by atoms with Gasteiger partial charge in [-0.25, -0.2) is 15.0 Å². The van der Waals surface area contributed by atoms with Gasteiger partial charge in [0.2, 0.25) is 5.95 Å². The second-order valence-electron chi connectivity index (χ2n) is 12.1. The molecular weight excluding hydrogens is 633 g/mol. The van der Waals surface area contributed by atoms with Crippen molar-refractivity contribution >= 4 is 53.4 Å². The van der Waals surface area contributed by atoms with Crippen LogP contribution in [-0.2, 0) is 0 Å². The van der Waals surface area contributed by atoms with E-state index in [4.69, 9.17) is 24.9 Å². The molecule has 0 bridgehead atoms. The molecule has 0 atom stereocenters. The molecule has 0 radical (unpaired) electrons. The maximum Gasteiger partial charge on any atom is 0.238 e. The predicted molar refractivity (Wildman–Crippen MR) is 204 cm³/mol. The Bertz CT molecular complexity index is 2790. The standard InChI is InChI=1S/C43H26N6S/c1-5-15-27(16-6-1)38-37-36-34(50-42(37)46-39(44-38)28-17-7-2-8-18-28)26-25-33-35(36)31-23-13-14-24-32(31)49(33)43-47-40(29-19-9-3-10-20-29)45-41(48-43)30-21-11-4-12-22-30/h1-26H. The fourth-order valence-corrected chi connectivity index (χ4v) is 7.94. The van der Waals surface area contributed by atoms with Crippen LogP contribution in [0.15, 0.2) is 158 Å². The third-order valence-corrected chi connectivity index (χ3v) is 10.1. The molecule has 0 fully saturated rings. The molecule has 0 N–H and O–H groups in total. The number of benzene rings is 6. The fraction of sp³-hybridized carbons (Fsp3) is 0. The number of para-hydroxylation sites is 1. The third-order valence-electron chi connectivity index (χ3n) is 9.10. The number of thiophene rings is 1. The summed E-state index contributed by atoms with van der Waals surface area (Å²) in [6, 6.07) is 53.7. The molecule has 0 saturated heterocycles. The van der Waals surface area contributed by atoms with Crippen molar-refractivity contribution in [2.75, 3.05) is 0 Å². The Morgan fingerprint density at radius 1 is 0.380 bits per heavy atom. The first-order chi connectivity index (χ1) is 24.8. The first-order valence-corrected chi connectivity index (χ1v) is 17.3. The van der Waals surface area contributed by atoms with Gasteiger partial charge in [-0.05, 0) is 18.2 Å². The Labute approximate surface area is 291 Å². The SMILES string of the molecule is c1ccc(-c2nc(-c3ccccc3)nc(-n3c4ccccc4c4c5c(ccc43)sc3nc(-c4ccccc4)nc(-c4ccccc4)c35)n2)cc1. The third kappa shape index (κ3) is 4.59. The molecule has 0 spiro atoms. The van der Waals surface area contributed by atoms with Crippen LogP contribution < -0.4 is 0 Å². The largest absolute Gasteiger partial charge is 0.278 e. The number of fused-ring (bicyclic) bond motifs is 7. The van der Waals surface area contributed by atoms with Crippen LogP contribution in [0.2, 0.25) is 0 Å². The summed E-state index contributed by atoms with van der Waals surface area (Å²) < 4.78 is 3.33. The lowest BCUT2D eigenvalue weighted by Gasteiger charge is -2.11. The lowest BCUT2D eigenvalue weighted by molar-refractivity contribution is 0.953. The number of aromatic nitrogens is 6. The number of hydrogen-bond acceptors (Lipinski definition) is 6. The van der Waals surface area contributed by atoms with Gasteiger partial charge in [0, 0.05) is 48.5 Å². The molecule has 4 heterocycles. The quantitative estimate of drug-likeness (QED) is 0.184. The van der Waals surface area contributed by atoms with Gasteiger partial charge >= 0.3 is 0 Å². The summed E-state index contributed by atoms with van der Waals surface area (Å²) in [5.74, 6) is 2.52. The summed E-state index contributed by atoms with van der Waals surface area (Å²) in [7, 11) is 0. The summed E-state index contributed by atoms with van der Waals surface area (Å²) in [6.45, 7) is 0. The van der Waals surface area contributed by atoms with Crippen molar-refractivity contribution in [3.8, 4) is 51.4 Å². The summed E-state index contributed by atoms with van der Waals surface area (Å²) in [4.78, 5) is 26.6. The molecule has 0 aliphatic rings. The van der Waals surface area contributed by atoms with E-state index in [1.807, 2.05) is 84.9 Å². The van der Waals surface area contributed by atoms with Crippen LogP contribution >= 0.6 is 11.3 Å². The highest BCUT2D eigenvalue weighted by Crippen LogP contribution is 2.46. The maximum absolute atomic E-state index is 5.26. The minimum atomic E-state index is 0.564.